The quantitative estimate of drug-likeness (QED) is 0.814. The molecule has 1 N–H and O–H groups in total. The molecule has 3 heteroatoms. The fraction of sp³-hybridized carbons (Fsp3) is 0.412. The molecule has 2 unspecified atom stereocenters. The molecule has 2 nitrogen and oxygen atoms in total. The smallest absolute Gasteiger partial charge is 0.103 e. The number of aryl methyl sites for hydroxylation is 1. The van der Waals surface area contributed by atoms with Gasteiger partial charge in [-0.1, -0.05) is 23.7 Å². The van der Waals surface area contributed by atoms with Crippen molar-refractivity contribution in [2.45, 2.75) is 45.2 Å². The van der Waals surface area contributed by atoms with Crippen LogP contribution in [-0.4, -0.2) is 12.1 Å². The van der Waals surface area contributed by atoms with Crippen molar-refractivity contribution >= 4 is 11.6 Å². The summed E-state index contributed by atoms with van der Waals surface area (Å²) in [4.78, 5) is 0. The molecule has 0 saturated carbocycles. The Kier molecular flexibility index (Phi) is 5.69. The molecule has 0 aliphatic heterocycles. The van der Waals surface area contributed by atoms with E-state index in [1.54, 1.807) is 6.26 Å². The van der Waals surface area contributed by atoms with Crippen LogP contribution in [0.5, 0.6) is 0 Å². The van der Waals surface area contributed by atoms with Crippen LogP contribution in [-0.2, 0) is 12.8 Å². The van der Waals surface area contributed by atoms with Gasteiger partial charge in [0.25, 0.3) is 0 Å². The van der Waals surface area contributed by atoms with Crippen LogP contribution < -0.4 is 5.32 Å². The highest BCUT2D eigenvalue weighted by molar-refractivity contribution is 6.30. The monoisotopic (exact) mass is 291 g/mol. The van der Waals surface area contributed by atoms with E-state index >= 15 is 0 Å². The average molecular weight is 292 g/mol. The highest BCUT2D eigenvalue weighted by Gasteiger charge is 2.09. The second kappa shape index (κ2) is 7.51. The minimum atomic E-state index is 0.431. The molecule has 0 fully saturated rings. The molecular formula is C17H22ClNO. The van der Waals surface area contributed by atoms with E-state index in [2.05, 4.69) is 25.2 Å². The Balaban J connectivity index is 1.74. The third-order valence-electron chi connectivity index (χ3n) is 3.40. The van der Waals surface area contributed by atoms with E-state index in [1.807, 2.05) is 30.3 Å². The average Bonchev–Trinajstić information content (AvgIpc) is 2.89. The van der Waals surface area contributed by atoms with Crippen LogP contribution in [0.1, 0.15) is 31.6 Å². The zero-order chi connectivity index (χ0) is 14.4. The third-order valence-corrected chi connectivity index (χ3v) is 3.64. The molecule has 108 valence electrons. The molecule has 20 heavy (non-hydrogen) atoms. The summed E-state index contributed by atoms with van der Waals surface area (Å²) in [6, 6.07) is 12.9. The van der Waals surface area contributed by atoms with Gasteiger partial charge in [0, 0.05) is 23.5 Å². The highest BCUT2D eigenvalue weighted by atomic mass is 35.5. The molecule has 1 aromatic carbocycles. The number of hydrogen-bond acceptors (Lipinski definition) is 2. The first-order valence-electron chi connectivity index (χ1n) is 7.16. The Bertz CT molecular complexity index is 509. The summed E-state index contributed by atoms with van der Waals surface area (Å²) in [6.45, 7) is 4.43. The summed E-state index contributed by atoms with van der Waals surface area (Å²) in [5.41, 5.74) is 1.27. The number of halogens is 1. The van der Waals surface area contributed by atoms with Gasteiger partial charge in [0.2, 0.25) is 0 Å². The van der Waals surface area contributed by atoms with Gasteiger partial charge in [0.1, 0.15) is 5.76 Å². The molecule has 2 aromatic rings. The van der Waals surface area contributed by atoms with E-state index in [0.29, 0.717) is 12.1 Å². The second-order valence-electron chi connectivity index (χ2n) is 5.42. The van der Waals surface area contributed by atoms with Crippen LogP contribution >= 0.6 is 11.6 Å². The highest BCUT2D eigenvalue weighted by Crippen LogP contribution is 2.13. The molecule has 0 aliphatic rings. The second-order valence-corrected chi connectivity index (χ2v) is 5.86. The van der Waals surface area contributed by atoms with Crippen LogP contribution in [0.25, 0.3) is 0 Å². The third kappa shape index (κ3) is 5.03. The molecule has 0 amide bonds. The van der Waals surface area contributed by atoms with Crippen LogP contribution in [0.2, 0.25) is 5.02 Å². The molecule has 0 saturated heterocycles. The molecule has 2 atom stereocenters. The van der Waals surface area contributed by atoms with E-state index < -0.39 is 0 Å². The lowest BCUT2D eigenvalue weighted by Gasteiger charge is -2.20. The molecule has 1 aromatic heterocycles. The summed E-state index contributed by atoms with van der Waals surface area (Å²) in [7, 11) is 0. The number of benzene rings is 1. The van der Waals surface area contributed by atoms with Crippen LogP contribution in [0.4, 0.5) is 0 Å². The largest absolute Gasteiger partial charge is 0.469 e. The maximum Gasteiger partial charge on any atom is 0.103 e. The maximum atomic E-state index is 6.01. The van der Waals surface area contributed by atoms with Gasteiger partial charge in [0.05, 0.1) is 6.26 Å². The molecule has 0 spiro atoms. The van der Waals surface area contributed by atoms with Crippen molar-refractivity contribution in [3.8, 4) is 0 Å². The molecular weight excluding hydrogens is 270 g/mol. The Hall–Kier alpha value is -1.25. The Morgan fingerprint density at radius 1 is 1.15 bits per heavy atom. The van der Waals surface area contributed by atoms with Gasteiger partial charge in [0.15, 0.2) is 0 Å². The maximum absolute atomic E-state index is 6.01. The van der Waals surface area contributed by atoms with E-state index in [9.17, 15) is 0 Å². The number of furan rings is 1. The lowest BCUT2D eigenvalue weighted by Crippen LogP contribution is -2.36. The topological polar surface area (TPSA) is 25.2 Å². The van der Waals surface area contributed by atoms with Crippen molar-refractivity contribution in [2.75, 3.05) is 0 Å². The van der Waals surface area contributed by atoms with E-state index in [0.717, 1.165) is 30.0 Å². The Labute approximate surface area is 126 Å². The lowest BCUT2D eigenvalue weighted by atomic mass is 10.1. The molecule has 0 bridgehead atoms. The summed E-state index contributed by atoms with van der Waals surface area (Å²) >= 11 is 6.01. The predicted octanol–water partition coefficient (Wildman–Crippen LogP) is 4.47. The Morgan fingerprint density at radius 2 is 2.00 bits per heavy atom. The van der Waals surface area contributed by atoms with E-state index in [1.165, 1.54) is 5.56 Å². The van der Waals surface area contributed by atoms with Crippen LogP contribution in [0, 0.1) is 0 Å². The van der Waals surface area contributed by atoms with Gasteiger partial charge < -0.3 is 9.73 Å². The fourth-order valence-corrected chi connectivity index (χ4v) is 2.67. The van der Waals surface area contributed by atoms with Gasteiger partial charge in [-0.3, -0.25) is 0 Å². The summed E-state index contributed by atoms with van der Waals surface area (Å²) in [5.74, 6) is 1.06. The summed E-state index contributed by atoms with van der Waals surface area (Å²) in [5, 5.41) is 4.43. The van der Waals surface area contributed by atoms with Gasteiger partial charge in [-0.25, -0.2) is 0 Å². The Morgan fingerprint density at radius 3 is 2.70 bits per heavy atom. The van der Waals surface area contributed by atoms with Gasteiger partial charge in [-0.15, -0.1) is 0 Å². The van der Waals surface area contributed by atoms with E-state index in [-0.39, 0.29) is 0 Å². The first kappa shape index (κ1) is 15.1. The predicted molar refractivity (Wildman–Crippen MR) is 84.2 cm³/mol. The van der Waals surface area contributed by atoms with Crippen LogP contribution in [0.3, 0.4) is 0 Å². The number of hydrogen-bond donors (Lipinski definition) is 1. The minimum Gasteiger partial charge on any atom is -0.469 e. The van der Waals surface area contributed by atoms with Gasteiger partial charge >= 0.3 is 0 Å². The summed E-state index contributed by atoms with van der Waals surface area (Å²) < 4.78 is 5.36. The van der Waals surface area contributed by atoms with E-state index in [4.69, 9.17) is 16.0 Å². The minimum absolute atomic E-state index is 0.431. The zero-order valence-corrected chi connectivity index (χ0v) is 12.9. The first-order chi connectivity index (χ1) is 9.63. The molecule has 1 heterocycles. The normalized spacial score (nSPS) is 14.2. The van der Waals surface area contributed by atoms with Crippen molar-refractivity contribution in [1.82, 2.24) is 5.32 Å². The van der Waals surface area contributed by atoms with Crippen molar-refractivity contribution in [2.24, 2.45) is 0 Å². The lowest BCUT2D eigenvalue weighted by molar-refractivity contribution is 0.423. The zero-order valence-electron chi connectivity index (χ0n) is 12.1. The molecule has 0 radical (unpaired) electrons. The van der Waals surface area contributed by atoms with Gasteiger partial charge in [-0.2, -0.15) is 0 Å². The SMILES string of the molecule is CC(CCc1ccco1)NC(C)Cc1cccc(Cl)c1. The summed E-state index contributed by atoms with van der Waals surface area (Å²) in [6.07, 6.45) is 4.78. The van der Waals surface area contributed by atoms with Gasteiger partial charge in [-0.05, 0) is 56.5 Å². The van der Waals surface area contributed by atoms with Crippen molar-refractivity contribution in [1.29, 1.82) is 0 Å². The van der Waals surface area contributed by atoms with Crippen molar-refractivity contribution < 1.29 is 4.42 Å². The molecule has 0 aliphatic carbocycles. The number of rotatable bonds is 7. The van der Waals surface area contributed by atoms with Crippen molar-refractivity contribution in [3.05, 3.63) is 59.0 Å². The molecule has 2 rings (SSSR count). The van der Waals surface area contributed by atoms with Crippen LogP contribution in [0.15, 0.2) is 47.1 Å². The number of nitrogens with one attached hydrogen (secondary N) is 1. The fourth-order valence-electron chi connectivity index (χ4n) is 2.46. The first-order valence-corrected chi connectivity index (χ1v) is 7.54. The van der Waals surface area contributed by atoms with Crippen molar-refractivity contribution in [3.63, 3.8) is 0 Å². The standard InChI is InChI=1S/C17H22ClNO/c1-13(8-9-17-7-4-10-20-17)19-14(2)11-15-5-3-6-16(18)12-15/h3-7,10,12-14,19H,8-9,11H2,1-2H3.